The summed E-state index contributed by atoms with van der Waals surface area (Å²) in [6.45, 7) is 2.31. The van der Waals surface area contributed by atoms with Gasteiger partial charge in [-0.1, -0.05) is 53.5 Å². The normalized spacial score (nSPS) is 11.6. The number of hydrogen-bond acceptors (Lipinski definition) is 4. The van der Waals surface area contributed by atoms with Crippen LogP contribution in [0.2, 0.25) is 10.0 Å². The Balaban J connectivity index is 1.67. The summed E-state index contributed by atoms with van der Waals surface area (Å²) in [7, 11) is 0. The molecule has 0 spiro atoms. The molecule has 0 saturated carbocycles. The molecule has 0 atom stereocenters. The molecule has 0 radical (unpaired) electrons. The van der Waals surface area contributed by atoms with Gasteiger partial charge in [0.05, 0.1) is 23.3 Å². The molecule has 3 aromatic heterocycles. The van der Waals surface area contributed by atoms with Crippen LogP contribution in [0.3, 0.4) is 0 Å². The van der Waals surface area contributed by atoms with E-state index >= 15 is 0 Å². The number of nitrogens with zero attached hydrogens (tertiary/aromatic N) is 5. The van der Waals surface area contributed by atoms with Gasteiger partial charge < -0.3 is 0 Å². The number of rotatable bonds is 3. The van der Waals surface area contributed by atoms with E-state index in [0.717, 1.165) is 22.3 Å². The van der Waals surface area contributed by atoms with Crippen LogP contribution < -0.4 is 5.56 Å². The smallest absolute Gasteiger partial charge is 0.265 e. The number of para-hydroxylation sites is 2. The van der Waals surface area contributed by atoms with Crippen molar-refractivity contribution in [3.8, 4) is 5.69 Å². The SMILES string of the molecule is Cc1ccc(-n2c3nc4ccccc4nc3c3c(=O)n(Cc4ccc(Cl)cc4)cnc32)cc1Cl. The van der Waals surface area contributed by atoms with E-state index in [-0.39, 0.29) is 5.56 Å². The molecule has 34 heavy (non-hydrogen) atoms. The van der Waals surface area contributed by atoms with Crippen molar-refractivity contribution in [1.82, 2.24) is 24.1 Å². The van der Waals surface area contributed by atoms with Crippen LogP contribution in [0.25, 0.3) is 38.9 Å². The lowest BCUT2D eigenvalue weighted by atomic mass is 10.2. The molecule has 0 bridgehead atoms. The molecule has 8 heteroatoms. The minimum Gasteiger partial charge on any atom is -0.294 e. The molecule has 0 amide bonds. The van der Waals surface area contributed by atoms with E-state index in [1.54, 1.807) is 23.0 Å². The first-order valence-corrected chi connectivity index (χ1v) is 11.4. The number of halogens is 2. The number of aromatic nitrogens is 5. The third-order valence-corrected chi connectivity index (χ3v) is 6.57. The van der Waals surface area contributed by atoms with E-state index in [2.05, 4.69) is 4.98 Å². The second-order valence-electron chi connectivity index (χ2n) is 8.16. The van der Waals surface area contributed by atoms with Gasteiger partial charge in [0.1, 0.15) is 17.2 Å². The first kappa shape index (κ1) is 20.8. The van der Waals surface area contributed by atoms with Crippen molar-refractivity contribution in [3.63, 3.8) is 0 Å². The van der Waals surface area contributed by atoms with Gasteiger partial charge in [-0.25, -0.2) is 15.0 Å². The van der Waals surface area contributed by atoms with E-state index in [1.165, 1.54) is 0 Å². The van der Waals surface area contributed by atoms with Gasteiger partial charge in [-0.3, -0.25) is 13.9 Å². The molecule has 0 aliphatic heterocycles. The van der Waals surface area contributed by atoms with Crippen molar-refractivity contribution < 1.29 is 0 Å². The largest absolute Gasteiger partial charge is 0.294 e. The van der Waals surface area contributed by atoms with Crippen LogP contribution in [0.1, 0.15) is 11.1 Å². The maximum Gasteiger partial charge on any atom is 0.265 e. The molecular formula is C26H17Cl2N5O. The van der Waals surface area contributed by atoms with Crippen molar-refractivity contribution in [2.75, 3.05) is 0 Å². The fraction of sp³-hybridized carbons (Fsp3) is 0.0769. The van der Waals surface area contributed by atoms with Crippen LogP contribution in [0.5, 0.6) is 0 Å². The van der Waals surface area contributed by atoms with Crippen LogP contribution in [-0.4, -0.2) is 24.1 Å². The molecule has 0 aliphatic rings. The Bertz CT molecular complexity index is 1790. The third kappa shape index (κ3) is 3.34. The summed E-state index contributed by atoms with van der Waals surface area (Å²) in [4.78, 5) is 28.1. The zero-order chi connectivity index (χ0) is 23.4. The Morgan fingerprint density at radius 1 is 0.882 bits per heavy atom. The highest BCUT2D eigenvalue weighted by molar-refractivity contribution is 6.31. The van der Waals surface area contributed by atoms with Crippen molar-refractivity contribution in [1.29, 1.82) is 0 Å². The summed E-state index contributed by atoms with van der Waals surface area (Å²) >= 11 is 12.5. The zero-order valence-electron chi connectivity index (χ0n) is 18.0. The predicted octanol–water partition coefficient (Wildman–Crippen LogP) is 5.95. The highest BCUT2D eigenvalue weighted by Crippen LogP contribution is 2.30. The standard InChI is InChI=1S/C26H17Cl2N5O/c1-15-6-11-18(12-19(15)28)33-24-22(23-25(33)31-21-5-3-2-4-20(21)30-23)26(34)32(14-29-24)13-16-7-9-17(27)10-8-16/h2-12,14H,13H2,1H3. The first-order valence-electron chi connectivity index (χ1n) is 10.7. The molecule has 0 unspecified atom stereocenters. The zero-order valence-corrected chi connectivity index (χ0v) is 19.5. The highest BCUT2D eigenvalue weighted by atomic mass is 35.5. The van der Waals surface area contributed by atoms with Crippen molar-refractivity contribution in [3.05, 3.63) is 105 Å². The van der Waals surface area contributed by atoms with Crippen LogP contribution in [-0.2, 0) is 6.54 Å². The van der Waals surface area contributed by atoms with Gasteiger partial charge in [-0.2, -0.15) is 0 Å². The molecule has 166 valence electrons. The average Bonchev–Trinajstić information content (AvgIpc) is 3.16. The summed E-state index contributed by atoms with van der Waals surface area (Å²) in [6, 6.07) is 20.7. The molecule has 0 fully saturated rings. The molecular weight excluding hydrogens is 469 g/mol. The van der Waals surface area contributed by atoms with Crippen molar-refractivity contribution in [2.45, 2.75) is 13.5 Å². The fourth-order valence-electron chi connectivity index (χ4n) is 4.14. The lowest BCUT2D eigenvalue weighted by Gasteiger charge is -2.09. The molecule has 6 rings (SSSR count). The van der Waals surface area contributed by atoms with Crippen molar-refractivity contribution in [2.24, 2.45) is 0 Å². The Hall–Kier alpha value is -3.74. The highest BCUT2D eigenvalue weighted by Gasteiger charge is 2.21. The van der Waals surface area contributed by atoms with E-state index in [1.807, 2.05) is 66.1 Å². The van der Waals surface area contributed by atoms with E-state index in [9.17, 15) is 4.79 Å². The van der Waals surface area contributed by atoms with Crippen LogP contribution in [0.15, 0.2) is 77.9 Å². The molecule has 0 saturated heterocycles. The summed E-state index contributed by atoms with van der Waals surface area (Å²) in [6.07, 6.45) is 1.56. The van der Waals surface area contributed by atoms with Crippen LogP contribution in [0, 0.1) is 6.92 Å². The van der Waals surface area contributed by atoms with E-state index in [0.29, 0.717) is 44.3 Å². The molecule has 0 N–H and O–H groups in total. The first-order chi connectivity index (χ1) is 16.5. The summed E-state index contributed by atoms with van der Waals surface area (Å²) in [5, 5.41) is 1.69. The van der Waals surface area contributed by atoms with Crippen LogP contribution >= 0.6 is 23.2 Å². The van der Waals surface area contributed by atoms with Gasteiger partial charge in [-0.05, 0) is 54.4 Å². The van der Waals surface area contributed by atoms with Gasteiger partial charge in [0.2, 0.25) is 0 Å². The fourth-order valence-corrected chi connectivity index (χ4v) is 4.44. The lowest BCUT2D eigenvalue weighted by molar-refractivity contribution is 0.747. The predicted molar refractivity (Wildman–Crippen MR) is 136 cm³/mol. The second-order valence-corrected chi connectivity index (χ2v) is 9.00. The molecule has 3 aromatic carbocycles. The summed E-state index contributed by atoms with van der Waals surface area (Å²) in [5.41, 5.74) is 5.48. The minimum absolute atomic E-state index is 0.188. The monoisotopic (exact) mass is 485 g/mol. The number of fused-ring (bicyclic) bond motifs is 4. The van der Waals surface area contributed by atoms with Gasteiger partial charge in [0.25, 0.3) is 5.56 Å². The summed E-state index contributed by atoms with van der Waals surface area (Å²) in [5.74, 6) is 0. The van der Waals surface area contributed by atoms with Gasteiger partial charge in [-0.15, -0.1) is 0 Å². The molecule has 6 aromatic rings. The Morgan fingerprint density at radius 3 is 2.35 bits per heavy atom. The second kappa shape index (κ2) is 7.94. The molecule has 6 nitrogen and oxygen atoms in total. The van der Waals surface area contributed by atoms with E-state index < -0.39 is 0 Å². The number of hydrogen-bond donors (Lipinski definition) is 0. The topological polar surface area (TPSA) is 65.6 Å². The van der Waals surface area contributed by atoms with Gasteiger partial charge >= 0.3 is 0 Å². The average molecular weight is 486 g/mol. The summed E-state index contributed by atoms with van der Waals surface area (Å²) < 4.78 is 3.43. The maximum absolute atomic E-state index is 13.7. The van der Waals surface area contributed by atoms with Gasteiger partial charge in [0.15, 0.2) is 11.3 Å². The number of aryl methyl sites for hydroxylation is 1. The van der Waals surface area contributed by atoms with Crippen LogP contribution in [0.4, 0.5) is 0 Å². The Morgan fingerprint density at radius 2 is 1.62 bits per heavy atom. The third-order valence-electron chi connectivity index (χ3n) is 5.91. The van der Waals surface area contributed by atoms with E-state index in [4.69, 9.17) is 33.2 Å². The van der Waals surface area contributed by atoms with Gasteiger partial charge in [0, 0.05) is 10.0 Å². The van der Waals surface area contributed by atoms with Crippen molar-refractivity contribution >= 4 is 56.4 Å². The Labute approximate surface area is 204 Å². The quantitative estimate of drug-likeness (QED) is 0.310. The molecule has 3 heterocycles. The maximum atomic E-state index is 13.7. The molecule has 0 aliphatic carbocycles. The lowest BCUT2D eigenvalue weighted by Crippen LogP contribution is -2.21. The minimum atomic E-state index is -0.188. The Kier molecular flexibility index (Phi) is 4.86. The number of benzene rings is 3.